The van der Waals surface area contributed by atoms with Gasteiger partial charge in [-0.05, 0) is 24.6 Å². The van der Waals surface area contributed by atoms with E-state index in [1.165, 1.54) is 27.8 Å². The zero-order valence-electron chi connectivity index (χ0n) is 11.7. The lowest BCUT2D eigenvalue weighted by atomic mass is 10.1. The highest BCUT2D eigenvalue weighted by Gasteiger charge is 2.35. The van der Waals surface area contributed by atoms with Crippen molar-refractivity contribution in [2.45, 2.75) is 13.3 Å². The van der Waals surface area contributed by atoms with Crippen molar-refractivity contribution >= 4 is 34.0 Å². The second-order valence-corrected chi connectivity index (χ2v) is 5.91. The number of carbonyl (C=O) groups excluding carboxylic acids is 2. The van der Waals surface area contributed by atoms with Crippen molar-refractivity contribution in [2.24, 2.45) is 5.92 Å². The average molecular weight is 320 g/mol. The van der Waals surface area contributed by atoms with Gasteiger partial charge in [0.1, 0.15) is 11.3 Å². The zero-order valence-corrected chi connectivity index (χ0v) is 12.6. The molecule has 3 rings (SSSR count). The van der Waals surface area contributed by atoms with Crippen molar-refractivity contribution in [3.63, 3.8) is 0 Å². The van der Waals surface area contributed by atoms with Crippen LogP contribution in [0.25, 0.3) is 0 Å². The average Bonchev–Trinajstić information content (AvgIpc) is 3.11. The molecule has 1 aromatic carbocycles. The fourth-order valence-electron chi connectivity index (χ4n) is 2.32. The molecule has 114 valence electrons. The number of aromatic nitrogens is 2. The molecule has 6 nitrogen and oxygen atoms in total. The molecule has 1 N–H and O–H groups in total. The molecule has 1 aliphatic rings. The summed E-state index contributed by atoms with van der Waals surface area (Å²) in [5, 5.41) is 10.4. The van der Waals surface area contributed by atoms with E-state index in [-0.39, 0.29) is 30.6 Å². The van der Waals surface area contributed by atoms with Gasteiger partial charge in [0.2, 0.25) is 16.9 Å². The number of nitrogens with zero attached hydrogens (tertiary/aromatic N) is 3. The highest BCUT2D eigenvalue weighted by atomic mass is 32.1. The molecule has 0 bridgehead atoms. The Morgan fingerprint density at radius 1 is 1.50 bits per heavy atom. The summed E-state index contributed by atoms with van der Waals surface area (Å²) in [5.41, 5.74) is 2.50. The molecule has 0 radical (unpaired) electrons. The van der Waals surface area contributed by atoms with Gasteiger partial charge < -0.3 is 10.2 Å². The third kappa shape index (κ3) is 2.82. The second kappa shape index (κ2) is 5.80. The van der Waals surface area contributed by atoms with Gasteiger partial charge in [-0.15, -0.1) is 10.2 Å². The molecule has 1 fully saturated rings. The SMILES string of the molecule is Cc1ccc(N2C[C@H](C(=O)Nc3nncs3)CC2=O)cc1F. The van der Waals surface area contributed by atoms with Gasteiger partial charge in [-0.2, -0.15) is 0 Å². The third-order valence-electron chi connectivity index (χ3n) is 3.55. The van der Waals surface area contributed by atoms with Crippen molar-refractivity contribution in [1.29, 1.82) is 0 Å². The Hall–Kier alpha value is -2.35. The van der Waals surface area contributed by atoms with Crippen molar-refractivity contribution in [3.8, 4) is 0 Å². The molecular formula is C14H13FN4O2S. The topological polar surface area (TPSA) is 75.2 Å². The number of nitrogens with one attached hydrogen (secondary N) is 1. The van der Waals surface area contributed by atoms with Crippen LogP contribution in [-0.4, -0.2) is 28.6 Å². The van der Waals surface area contributed by atoms with E-state index in [1.54, 1.807) is 19.1 Å². The van der Waals surface area contributed by atoms with Gasteiger partial charge in [-0.25, -0.2) is 4.39 Å². The highest BCUT2D eigenvalue weighted by Crippen LogP contribution is 2.27. The molecule has 1 saturated heterocycles. The van der Waals surface area contributed by atoms with E-state index >= 15 is 0 Å². The van der Waals surface area contributed by atoms with Crippen LogP contribution in [0.3, 0.4) is 0 Å². The fourth-order valence-corrected chi connectivity index (χ4v) is 2.77. The molecule has 1 aromatic heterocycles. The minimum absolute atomic E-state index is 0.0974. The maximum Gasteiger partial charge on any atom is 0.231 e. The van der Waals surface area contributed by atoms with Gasteiger partial charge in [0.25, 0.3) is 0 Å². The predicted octanol–water partition coefficient (Wildman–Crippen LogP) is 1.98. The first-order chi connectivity index (χ1) is 10.5. The van der Waals surface area contributed by atoms with Crippen LogP contribution in [0, 0.1) is 18.7 Å². The molecule has 2 heterocycles. The van der Waals surface area contributed by atoms with E-state index < -0.39 is 5.92 Å². The molecule has 0 spiro atoms. The highest BCUT2D eigenvalue weighted by molar-refractivity contribution is 7.13. The van der Waals surface area contributed by atoms with Crippen LogP contribution in [0.1, 0.15) is 12.0 Å². The Morgan fingerprint density at radius 2 is 2.32 bits per heavy atom. The monoisotopic (exact) mass is 320 g/mol. The quantitative estimate of drug-likeness (QED) is 0.938. The Kier molecular flexibility index (Phi) is 3.84. The largest absolute Gasteiger partial charge is 0.311 e. The lowest BCUT2D eigenvalue weighted by Gasteiger charge is -2.17. The molecule has 0 saturated carbocycles. The molecule has 8 heteroatoms. The lowest BCUT2D eigenvalue weighted by Crippen LogP contribution is -2.28. The van der Waals surface area contributed by atoms with Gasteiger partial charge in [0, 0.05) is 18.7 Å². The summed E-state index contributed by atoms with van der Waals surface area (Å²) >= 11 is 1.21. The number of hydrogen-bond acceptors (Lipinski definition) is 5. The number of benzene rings is 1. The summed E-state index contributed by atoms with van der Waals surface area (Å²) in [7, 11) is 0. The first-order valence-corrected chi connectivity index (χ1v) is 7.56. The summed E-state index contributed by atoms with van der Waals surface area (Å²) < 4.78 is 13.6. The van der Waals surface area contributed by atoms with E-state index in [0.717, 1.165) is 0 Å². The molecule has 2 amide bonds. The summed E-state index contributed by atoms with van der Waals surface area (Å²) in [6, 6.07) is 4.62. The molecule has 2 aromatic rings. The van der Waals surface area contributed by atoms with Gasteiger partial charge >= 0.3 is 0 Å². The number of amides is 2. The Balaban J connectivity index is 1.72. The number of anilines is 2. The summed E-state index contributed by atoms with van der Waals surface area (Å²) in [6.45, 7) is 1.88. The molecular weight excluding hydrogens is 307 g/mol. The summed E-state index contributed by atoms with van der Waals surface area (Å²) in [5.74, 6) is -1.33. The molecule has 0 aliphatic carbocycles. The summed E-state index contributed by atoms with van der Waals surface area (Å²) in [4.78, 5) is 25.7. The van der Waals surface area contributed by atoms with Crippen LogP contribution in [0.5, 0.6) is 0 Å². The van der Waals surface area contributed by atoms with Gasteiger partial charge in [-0.3, -0.25) is 9.59 Å². The molecule has 1 aliphatic heterocycles. The van der Waals surface area contributed by atoms with Crippen molar-refractivity contribution in [2.75, 3.05) is 16.8 Å². The van der Waals surface area contributed by atoms with E-state index in [1.807, 2.05) is 0 Å². The van der Waals surface area contributed by atoms with Gasteiger partial charge in [0.05, 0.1) is 5.92 Å². The van der Waals surface area contributed by atoms with Gasteiger partial charge in [0.15, 0.2) is 0 Å². The van der Waals surface area contributed by atoms with Crippen molar-refractivity contribution in [3.05, 3.63) is 35.1 Å². The number of hydrogen-bond donors (Lipinski definition) is 1. The van der Waals surface area contributed by atoms with E-state index in [2.05, 4.69) is 15.5 Å². The second-order valence-electron chi connectivity index (χ2n) is 5.07. The normalized spacial score (nSPS) is 17.8. The van der Waals surface area contributed by atoms with E-state index in [9.17, 15) is 14.0 Å². The first kappa shape index (κ1) is 14.6. The zero-order chi connectivity index (χ0) is 15.7. The van der Waals surface area contributed by atoms with Crippen LogP contribution in [0.15, 0.2) is 23.7 Å². The Bertz CT molecular complexity index is 720. The molecule has 0 unspecified atom stereocenters. The molecule has 22 heavy (non-hydrogen) atoms. The van der Waals surface area contributed by atoms with Crippen molar-refractivity contribution < 1.29 is 14.0 Å². The fraction of sp³-hybridized carbons (Fsp3) is 0.286. The van der Waals surface area contributed by atoms with Gasteiger partial charge in [-0.1, -0.05) is 17.4 Å². The Labute approximate surface area is 130 Å². The van der Waals surface area contributed by atoms with Crippen LogP contribution in [-0.2, 0) is 9.59 Å². The number of aryl methyl sites for hydroxylation is 1. The number of rotatable bonds is 3. The van der Waals surface area contributed by atoms with E-state index in [0.29, 0.717) is 16.4 Å². The smallest absolute Gasteiger partial charge is 0.231 e. The van der Waals surface area contributed by atoms with Crippen LogP contribution >= 0.6 is 11.3 Å². The van der Waals surface area contributed by atoms with Crippen molar-refractivity contribution in [1.82, 2.24) is 10.2 Å². The lowest BCUT2D eigenvalue weighted by molar-refractivity contribution is -0.122. The standard InChI is InChI=1S/C14H13FN4O2S/c1-8-2-3-10(5-11(8)15)19-6-9(4-12(19)20)13(21)17-14-18-16-7-22-14/h2-3,5,7,9H,4,6H2,1H3,(H,17,18,21)/t9-/m1/s1. The maximum absolute atomic E-state index is 13.6. The minimum Gasteiger partial charge on any atom is -0.311 e. The van der Waals surface area contributed by atoms with E-state index in [4.69, 9.17) is 0 Å². The van der Waals surface area contributed by atoms with Crippen LogP contribution in [0.2, 0.25) is 0 Å². The minimum atomic E-state index is -0.485. The van der Waals surface area contributed by atoms with Crippen LogP contribution in [0.4, 0.5) is 15.2 Å². The number of carbonyl (C=O) groups is 2. The first-order valence-electron chi connectivity index (χ1n) is 6.68. The number of halogens is 1. The van der Waals surface area contributed by atoms with Crippen LogP contribution < -0.4 is 10.2 Å². The molecule has 1 atom stereocenters. The Morgan fingerprint density at radius 3 is 3.00 bits per heavy atom. The third-order valence-corrected chi connectivity index (χ3v) is 4.16. The predicted molar refractivity (Wildman–Crippen MR) is 80.1 cm³/mol. The maximum atomic E-state index is 13.6. The summed E-state index contributed by atoms with van der Waals surface area (Å²) in [6.07, 6.45) is 0.0974.